The molecule has 0 aromatic carbocycles. The fourth-order valence-electron chi connectivity index (χ4n) is 1.09. The van der Waals surface area contributed by atoms with Gasteiger partial charge in [-0.3, -0.25) is 0 Å². The van der Waals surface area contributed by atoms with Gasteiger partial charge in [-0.15, -0.1) is 5.92 Å². The molecular weight excluding hydrogens is 164 g/mol. The molecule has 0 aliphatic rings. The lowest BCUT2D eigenvalue weighted by atomic mass is 10.1. The van der Waals surface area contributed by atoms with E-state index in [9.17, 15) is 0 Å². The SMILES string of the molecule is CC#CCNC(CCCN)COC. The van der Waals surface area contributed by atoms with Crippen molar-refractivity contribution >= 4 is 0 Å². The standard InChI is InChI=1S/C10H20N2O/c1-3-4-8-12-10(9-13-2)6-5-7-11/h10,12H,5-9,11H2,1-2H3. The molecule has 0 aliphatic carbocycles. The van der Waals surface area contributed by atoms with Gasteiger partial charge >= 0.3 is 0 Å². The molecular formula is C10H20N2O. The molecule has 0 aliphatic heterocycles. The maximum Gasteiger partial charge on any atom is 0.0616 e. The summed E-state index contributed by atoms with van der Waals surface area (Å²) in [5.74, 6) is 5.81. The van der Waals surface area contributed by atoms with Gasteiger partial charge in [-0.1, -0.05) is 5.92 Å². The summed E-state index contributed by atoms with van der Waals surface area (Å²) < 4.78 is 5.08. The van der Waals surface area contributed by atoms with Gasteiger partial charge in [-0.25, -0.2) is 0 Å². The zero-order valence-electron chi connectivity index (χ0n) is 8.60. The second-order valence-corrected chi connectivity index (χ2v) is 2.89. The van der Waals surface area contributed by atoms with Crippen LogP contribution in [0.15, 0.2) is 0 Å². The molecule has 0 heterocycles. The number of hydrogen-bond donors (Lipinski definition) is 2. The van der Waals surface area contributed by atoms with Gasteiger partial charge in [-0.2, -0.15) is 0 Å². The highest BCUT2D eigenvalue weighted by Gasteiger charge is 2.05. The zero-order chi connectivity index (χ0) is 9.94. The van der Waals surface area contributed by atoms with E-state index in [-0.39, 0.29) is 0 Å². The van der Waals surface area contributed by atoms with E-state index in [0.29, 0.717) is 6.04 Å². The third kappa shape index (κ3) is 7.79. The minimum Gasteiger partial charge on any atom is -0.383 e. The number of rotatable bonds is 7. The Balaban J connectivity index is 3.57. The minimum atomic E-state index is 0.384. The van der Waals surface area contributed by atoms with Crippen molar-refractivity contribution in [2.45, 2.75) is 25.8 Å². The van der Waals surface area contributed by atoms with Crippen molar-refractivity contribution in [3.8, 4) is 11.8 Å². The van der Waals surface area contributed by atoms with Crippen molar-refractivity contribution in [2.75, 3.05) is 26.8 Å². The molecule has 0 radical (unpaired) electrons. The lowest BCUT2D eigenvalue weighted by molar-refractivity contribution is 0.163. The molecule has 3 N–H and O–H groups in total. The van der Waals surface area contributed by atoms with Gasteiger partial charge < -0.3 is 15.8 Å². The van der Waals surface area contributed by atoms with Crippen molar-refractivity contribution < 1.29 is 4.74 Å². The Morgan fingerprint density at radius 1 is 1.54 bits per heavy atom. The lowest BCUT2D eigenvalue weighted by Gasteiger charge is -2.15. The van der Waals surface area contributed by atoms with Gasteiger partial charge in [0.1, 0.15) is 0 Å². The number of methoxy groups -OCH3 is 1. The summed E-state index contributed by atoms with van der Waals surface area (Å²) in [4.78, 5) is 0. The van der Waals surface area contributed by atoms with E-state index in [2.05, 4.69) is 17.2 Å². The Morgan fingerprint density at radius 3 is 2.85 bits per heavy atom. The predicted octanol–water partition coefficient (Wildman–Crippen LogP) is 0.353. The van der Waals surface area contributed by atoms with Crippen LogP contribution in [0.25, 0.3) is 0 Å². The van der Waals surface area contributed by atoms with Gasteiger partial charge in [0.25, 0.3) is 0 Å². The molecule has 13 heavy (non-hydrogen) atoms. The van der Waals surface area contributed by atoms with Gasteiger partial charge in [-0.05, 0) is 26.3 Å². The van der Waals surface area contributed by atoms with Crippen LogP contribution >= 0.6 is 0 Å². The number of nitrogens with two attached hydrogens (primary N) is 1. The first-order chi connectivity index (χ1) is 6.35. The minimum absolute atomic E-state index is 0.384. The molecule has 0 aromatic heterocycles. The molecule has 1 unspecified atom stereocenters. The summed E-state index contributed by atoms with van der Waals surface area (Å²) in [7, 11) is 1.71. The van der Waals surface area contributed by atoms with Crippen LogP contribution < -0.4 is 11.1 Å². The summed E-state index contributed by atoms with van der Waals surface area (Å²) in [5, 5.41) is 3.30. The highest BCUT2D eigenvalue weighted by molar-refractivity contribution is 4.97. The van der Waals surface area contributed by atoms with E-state index in [1.54, 1.807) is 7.11 Å². The summed E-state index contributed by atoms with van der Waals surface area (Å²) in [6.45, 7) is 4.04. The second kappa shape index (κ2) is 9.53. The highest BCUT2D eigenvalue weighted by Crippen LogP contribution is 1.95. The average Bonchev–Trinajstić information content (AvgIpc) is 2.14. The summed E-state index contributed by atoms with van der Waals surface area (Å²) in [6, 6.07) is 0.384. The van der Waals surface area contributed by atoms with Crippen LogP contribution in [-0.2, 0) is 4.74 Å². The topological polar surface area (TPSA) is 47.3 Å². The van der Waals surface area contributed by atoms with Gasteiger partial charge in [0.05, 0.1) is 13.2 Å². The maximum atomic E-state index is 5.43. The van der Waals surface area contributed by atoms with Crippen molar-refractivity contribution in [1.82, 2.24) is 5.32 Å². The molecule has 0 fully saturated rings. The Hall–Kier alpha value is -0.560. The van der Waals surface area contributed by atoms with Crippen molar-refractivity contribution in [2.24, 2.45) is 5.73 Å². The van der Waals surface area contributed by atoms with Crippen molar-refractivity contribution in [3.63, 3.8) is 0 Å². The third-order valence-corrected chi connectivity index (χ3v) is 1.78. The fourth-order valence-corrected chi connectivity index (χ4v) is 1.09. The predicted molar refractivity (Wildman–Crippen MR) is 55.4 cm³/mol. The second-order valence-electron chi connectivity index (χ2n) is 2.89. The van der Waals surface area contributed by atoms with Crippen LogP contribution in [0.1, 0.15) is 19.8 Å². The van der Waals surface area contributed by atoms with E-state index in [0.717, 1.165) is 32.5 Å². The van der Waals surface area contributed by atoms with Crippen LogP contribution in [0, 0.1) is 11.8 Å². The largest absolute Gasteiger partial charge is 0.383 e. The van der Waals surface area contributed by atoms with Crippen LogP contribution in [0.2, 0.25) is 0 Å². The molecule has 0 aromatic rings. The van der Waals surface area contributed by atoms with Crippen molar-refractivity contribution in [1.29, 1.82) is 0 Å². The number of nitrogens with one attached hydrogen (secondary N) is 1. The van der Waals surface area contributed by atoms with Crippen LogP contribution in [0.4, 0.5) is 0 Å². The molecule has 0 spiro atoms. The van der Waals surface area contributed by atoms with E-state index in [1.807, 2.05) is 6.92 Å². The average molecular weight is 184 g/mol. The molecule has 0 saturated carbocycles. The smallest absolute Gasteiger partial charge is 0.0616 e. The Labute approximate surface area is 81.0 Å². The Morgan fingerprint density at radius 2 is 2.31 bits per heavy atom. The zero-order valence-corrected chi connectivity index (χ0v) is 8.60. The number of ether oxygens (including phenoxy) is 1. The summed E-state index contributed by atoms with van der Waals surface area (Å²) in [6.07, 6.45) is 2.08. The van der Waals surface area contributed by atoms with Gasteiger partial charge in [0.2, 0.25) is 0 Å². The number of hydrogen-bond acceptors (Lipinski definition) is 3. The van der Waals surface area contributed by atoms with Crippen LogP contribution in [0.3, 0.4) is 0 Å². The molecule has 0 saturated heterocycles. The van der Waals surface area contributed by atoms with Gasteiger partial charge in [0.15, 0.2) is 0 Å². The summed E-state index contributed by atoms with van der Waals surface area (Å²) >= 11 is 0. The van der Waals surface area contributed by atoms with Gasteiger partial charge in [0, 0.05) is 13.2 Å². The Bertz CT molecular complexity index is 160. The van der Waals surface area contributed by atoms with Crippen LogP contribution in [0.5, 0.6) is 0 Å². The molecule has 1 atom stereocenters. The first-order valence-electron chi connectivity index (χ1n) is 4.67. The fraction of sp³-hybridized carbons (Fsp3) is 0.800. The first kappa shape index (κ1) is 12.4. The monoisotopic (exact) mass is 184 g/mol. The third-order valence-electron chi connectivity index (χ3n) is 1.78. The summed E-state index contributed by atoms with van der Waals surface area (Å²) in [5.41, 5.74) is 5.43. The molecule has 76 valence electrons. The Kier molecular flexibility index (Phi) is 9.12. The molecule has 3 nitrogen and oxygen atoms in total. The normalized spacial score (nSPS) is 11.9. The van der Waals surface area contributed by atoms with E-state index >= 15 is 0 Å². The van der Waals surface area contributed by atoms with Crippen LogP contribution in [-0.4, -0.2) is 32.8 Å². The molecule has 0 amide bonds. The van der Waals surface area contributed by atoms with Crippen molar-refractivity contribution in [3.05, 3.63) is 0 Å². The molecule has 3 heteroatoms. The lowest BCUT2D eigenvalue weighted by Crippen LogP contribution is -2.33. The molecule has 0 bridgehead atoms. The first-order valence-corrected chi connectivity index (χ1v) is 4.67. The van der Waals surface area contributed by atoms with E-state index in [1.165, 1.54) is 0 Å². The quantitative estimate of drug-likeness (QED) is 0.561. The highest BCUT2D eigenvalue weighted by atomic mass is 16.5. The van der Waals surface area contributed by atoms with E-state index < -0.39 is 0 Å². The molecule has 0 rings (SSSR count). The van der Waals surface area contributed by atoms with E-state index in [4.69, 9.17) is 10.5 Å². The maximum absolute atomic E-state index is 5.43.